The molecule has 0 amide bonds. The van der Waals surface area contributed by atoms with Gasteiger partial charge < -0.3 is 4.90 Å². The van der Waals surface area contributed by atoms with Gasteiger partial charge in [-0.3, -0.25) is 0 Å². The molecule has 0 saturated heterocycles. The maximum Gasteiger partial charge on any atom is 0.175 e. The Hall–Kier alpha value is -0.653. The van der Waals surface area contributed by atoms with Crippen molar-refractivity contribution in [1.82, 2.24) is 4.90 Å². The van der Waals surface area contributed by atoms with Gasteiger partial charge in [0, 0.05) is 22.3 Å². The van der Waals surface area contributed by atoms with Gasteiger partial charge in [-0.05, 0) is 43.6 Å². The lowest BCUT2D eigenvalue weighted by Gasteiger charge is -2.20. The second-order valence-electron chi connectivity index (χ2n) is 6.01. The molecule has 1 aromatic rings. The zero-order chi connectivity index (χ0) is 16.4. The molecule has 126 valence electrons. The van der Waals surface area contributed by atoms with E-state index in [9.17, 15) is 8.42 Å². The summed E-state index contributed by atoms with van der Waals surface area (Å²) in [5.41, 5.74) is 1.21. The van der Waals surface area contributed by atoms with E-state index >= 15 is 0 Å². The van der Waals surface area contributed by atoms with E-state index < -0.39 is 9.84 Å². The van der Waals surface area contributed by atoms with Crippen molar-refractivity contribution in [2.24, 2.45) is 0 Å². The molecule has 0 aliphatic heterocycles. The van der Waals surface area contributed by atoms with Crippen LogP contribution >= 0.6 is 0 Å². The van der Waals surface area contributed by atoms with E-state index in [2.05, 4.69) is 18.7 Å². The first-order valence-electron chi connectivity index (χ1n) is 8.48. The molecule has 0 spiro atoms. The fraction of sp³-hybridized carbons (Fsp3) is 0.647. The number of sulfone groups is 1. The molecule has 1 aromatic carbocycles. The molecule has 22 heavy (non-hydrogen) atoms. The van der Waals surface area contributed by atoms with E-state index in [0.29, 0.717) is 4.90 Å². The van der Waals surface area contributed by atoms with Crippen molar-refractivity contribution in [3.05, 3.63) is 29.8 Å². The van der Waals surface area contributed by atoms with Crippen molar-refractivity contribution in [2.45, 2.75) is 50.1 Å². The van der Waals surface area contributed by atoms with Crippen molar-refractivity contribution in [3.8, 4) is 0 Å². The van der Waals surface area contributed by atoms with Gasteiger partial charge in [-0.15, -0.1) is 0 Å². The minimum Gasteiger partial charge on any atom is -0.303 e. The summed E-state index contributed by atoms with van der Waals surface area (Å²) < 4.78 is 22.9. The predicted molar refractivity (Wildman–Crippen MR) is 98.4 cm³/mol. The molecule has 3 nitrogen and oxygen atoms in total. The smallest absolute Gasteiger partial charge is 0.175 e. The summed E-state index contributed by atoms with van der Waals surface area (Å²) in [5.74, 6) is 0. The minimum absolute atomic E-state index is 0.194. The Labute approximate surface area is 138 Å². The Bertz CT molecular complexity index is 514. The highest BCUT2D eigenvalue weighted by Gasteiger charge is 2.07. The summed E-state index contributed by atoms with van der Waals surface area (Å²) >= 11 is 0. The average Bonchev–Trinajstić information content (AvgIpc) is 2.49. The van der Waals surface area contributed by atoms with Crippen LogP contribution in [0.1, 0.15) is 32.3 Å². The normalized spacial score (nSPS) is 12.5. The summed E-state index contributed by atoms with van der Waals surface area (Å²) in [7, 11) is -2.89. The fourth-order valence-corrected chi connectivity index (χ4v) is 4.62. The molecule has 0 aliphatic rings. The van der Waals surface area contributed by atoms with E-state index in [1.165, 1.54) is 43.3 Å². The summed E-state index contributed by atoms with van der Waals surface area (Å²) in [5, 5.41) is 0. The Morgan fingerprint density at radius 3 is 2.27 bits per heavy atom. The molecule has 0 atom stereocenters. The Morgan fingerprint density at radius 1 is 1.05 bits per heavy atom. The van der Waals surface area contributed by atoms with Crippen LogP contribution in [0.4, 0.5) is 0 Å². The summed E-state index contributed by atoms with van der Waals surface area (Å²) in [4.78, 5) is 2.91. The Morgan fingerprint density at radius 2 is 1.73 bits per heavy atom. The lowest BCUT2D eigenvalue weighted by molar-refractivity contribution is 0.292. The lowest BCUT2D eigenvalue weighted by Crippen LogP contribution is -2.27. The summed E-state index contributed by atoms with van der Waals surface area (Å²) in [6.07, 6.45) is 4.94. The third kappa shape index (κ3) is 7.56. The van der Waals surface area contributed by atoms with Crippen LogP contribution in [0.15, 0.2) is 29.2 Å². The van der Waals surface area contributed by atoms with Gasteiger partial charge in [0.05, 0.1) is 4.90 Å². The van der Waals surface area contributed by atoms with Crippen LogP contribution in [0.2, 0.25) is 12.1 Å². The standard InChI is InChI=1S/C17H31NO2SSi/c1-4-14-22-15-6-12-18(5-2)13-11-16-7-9-17(10-8-16)21(3,19)20/h7-10H,4-6,11-15,22H2,1-3H3. The molecule has 1 rings (SSSR count). The van der Waals surface area contributed by atoms with E-state index in [1.54, 1.807) is 12.1 Å². The molecule has 0 N–H and O–H groups in total. The molecule has 0 saturated carbocycles. The van der Waals surface area contributed by atoms with E-state index in [0.717, 1.165) is 19.5 Å². The van der Waals surface area contributed by atoms with Crippen molar-refractivity contribution in [3.63, 3.8) is 0 Å². The van der Waals surface area contributed by atoms with E-state index in [1.807, 2.05) is 12.1 Å². The molecule has 5 heteroatoms. The molecule has 0 bridgehead atoms. The van der Waals surface area contributed by atoms with Crippen LogP contribution in [0.5, 0.6) is 0 Å². The van der Waals surface area contributed by atoms with Crippen molar-refractivity contribution in [1.29, 1.82) is 0 Å². The third-order valence-corrected chi connectivity index (χ3v) is 7.43. The summed E-state index contributed by atoms with van der Waals surface area (Å²) in [6, 6.07) is 10.3. The topological polar surface area (TPSA) is 37.4 Å². The van der Waals surface area contributed by atoms with Gasteiger partial charge >= 0.3 is 0 Å². The number of hydrogen-bond acceptors (Lipinski definition) is 3. The van der Waals surface area contributed by atoms with Crippen LogP contribution in [-0.2, 0) is 16.3 Å². The fourth-order valence-electron chi connectivity index (χ4n) is 2.56. The van der Waals surface area contributed by atoms with Gasteiger partial charge in [0.2, 0.25) is 0 Å². The quantitative estimate of drug-likeness (QED) is 0.459. The summed E-state index contributed by atoms with van der Waals surface area (Å²) in [6.45, 7) is 7.85. The second-order valence-corrected chi connectivity index (χ2v) is 10.2. The maximum absolute atomic E-state index is 11.4. The maximum atomic E-state index is 11.4. The largest absolute Gasteiger partial charge is 0.303 e. The molecular formula is C17H31NO2SSi. The molecule has 0 heterocycles. The number of likely N-dealkylation sites (N-methyl/N-ethyl adjacent to an activating group) is 1. The zero-order valence-electron chi connectivity index (χ0n) is 14.3. The number of nitrogens with zero attached hydrogens (tertiary/aromatic N) is 1. The van der Waals surface area contributed by atoms with Crippen LogP contribution in [0.25, 0.3) is 0 Å². The molecule has 0 aliphatic carbocycles. The van der Waals surface area contributed by atoms with Gasteiger partial charge in [0.25, 0.3) is 0 Å². The first-order valence-corrected chi connectivity index (χ1v) is 12.4. The molecule has 0 unspecified atom stereocenters. The van der Waals surface area contributed by atoms with Crippen molar-refractivity contribution < 1.29 is 8.42 Å². The Kier molecular flexibility index (Phi) is 8.98. The number of rotatable bonds is 11. The predicted octanol–water partition coefficient (Wildman–Crippen LogP) is 2.76. The first kappa shape index (κ1) is 19.4. The third-order valence-electron chi connectivity index (χ3n) is 4.09. The molecule has 0 radical (unpaired) electrons. The van der Waals surface area contributed by atoms with Gasteiger partial charge in [-0.2, -0.15) is 0 Å². The highest BCUT2D eigenvalue weighted by atomic mass is 32.2. The van der Waals surface area contributed by atoms with Gasteiger partial charge in [0.1, 0.15) is 0 Å². The minimum atomic E-state index is -3.08. The Balaban J connectivity index is 2.36. The van der Waals surface area contributed by atoms with Crippen LogP contribution in [0, 0.1) is 0 Å². The van der Waals surface area contributed by atoms with Crippen LogP contribution in [-0.4, -0.2) is 48.7 Å². The molecular weight excluding hydrogens is 310 g/mol. The second kappa shape index (κ2) is 10.2. The molecule has 0 fully saturated rings. The van der Waals surface area contributed by atoms with Crippen molar-refractivity contribution in [2.75, 3.05) is 25.9 Å². The SMILES string of the molecule is CCC[SiH2]CCCN(CC)CCc1ccc(S(C)(=O)=O)cc1. The monoisotopic (exact) mass is 341 g/mol. The van der Waals surface area contributed by atoms with Gasteiger partial charge in [-0.1, -0.05) is 44.5 Å². The zero-order valence-corrected chi connectivity index (χ0v) is 16.6. The highest BCUT2D eigenvalue weighted by Crippen LogP contribution is 2.11. The van der Waals surface area contributed by atoms with Gasteiger partial charge in [0.15, 0.2) is 9.84 Å². The van der Waals surface area contributed by atoms with E-state index in [4.69, 9.17) is 0 Å². The lowest BCUT2D eigenvalue weighted by atomic mass is 10.1. The number of hydrogen-bond donors (Lipinski definition) is 0. The van der Waals surface area contributed by atoms with Crippen LogP contribution < -0.4 is 0 Å². The molecule has 0 aromatic heterocycles. The first-order chi connectivity index (χ1) is 10.5. The van der Waals surface area contributed by atoms with Crippen molar-refractivity contribution >= 4 is 19.4 Å². The van der Waals surface area contributed by atoms with E-state index in [-0.39, 0.29) is 9.52 Å². The van der Waals surface area contributed by atoms with Crippen LogP contribution in [0.3, 0.4) is 0 Å². The highest BCUT2D eigenvalue weighted by molar-refractivity contribution is 7.90. The van der Waals surface area contributed by atoms with Gasteiger partial charge in [-0.25, -0.2) is 8.42 Å². The average molecular weight is 342 g/mol. The number of benzene rings is 1.